The van der Waals surface area contributed by atoms with Crippen LogP contribution in [0.25, 0.3) is 10.9 Å². The standard InChI is InChI=1S/C28H31ClN2O3S/c1-33-23-4-2-20(3-5-23)12-15-34-24-6-8-27-26(16-24)21(17-30-13-10-22(32)11-14-30)18-31(27)19-25-7-9-28(29)35-25/h2-9,16,18,22,32H,10-15,17,19H2,1H3. The quantitative estimate of drug-likeness (QED) is 0.300. The van der Waals surface area contributed by atoms with Gasteiger partial charge in [-0.3, -0.25) is 4.90 Å². The molecular weight excluding hydrogens is 480 g/mol. The summed E-state index contributed by atoms with van der Waals surface area (Å²) in [5.74, 6) is 1.75. The third-order valence-electron chi connectivity index (χ3n) is 6.66. The second-order valence-electron chi connectivity index (χ2n) is 9.12. The number of hydrogen-bond donors (Lipinski definition) is 1. The van der Waals surface area contributed by atoms with Gasteiger partial charge in [-0.15, -0.1) is 11.3 Å². The lowest BCUT2D eigenvalue weighted by Crippen LogP contribution is -2.35. The number of rotatable bonds is 9. The number of aliphatic hydroxyl groups excluding tert-OH is 1. The topological polar surface area (TPSA) is 46.9 Å². The zero-order valence-electron chi connectivity index (χ0n) is 20.0. The van der Waals surface area contributed by atoms with E-state index >= 15 is 0 Å². The van der Waals surface area contributed by atoms with E-state index in [1.165, 1.54) is 26.9 Å². The van der Waals surface area contributed by atoms with Crippen molar-refractivity contribution in [1.29, 1.82) is 0 Å². The van der Waals surface area contributed by atoms with Crippen LogP contribution in [0.1, 0.15) is 28.8 Å². The first kappa shape index (κ1) is 24.2. The molecule has 35 heavy (non-hydrogen) atoms. The van der Waals surface area contributed by atoms with Gasteiger partial charge in [0, 0.05) is 48.0 Å². The van der Waals surface area contributed by atoms with Crippen LogP contribution in [-0.2, 0) is 19.5 Å². The molecule has 184 valence electrons. The average molecular weight is 511 g/mol. The first-order chi connectivity index (χ1) is 17.1. The number of benzene rings is 2. The summed E-state index contributed by atoms with van der Waals surface area (Å²) in [6.07, 6.45) is 4.62. The molecule has 0 bridgehead atoms. The van der Waals surface area contributed by atoms with Gasteiger partial charge in [-0.1, -0.05) is 23.7 Å². The predicted octanol–water partition coefficient (Wildman–Crippen LogP) is 5.99. The van der Waals surface area contributed by atoms with Crippen LogP contribution in [0, 0.1) is 0 Å². The molecule has 0 saturated carbocycles. The molecule has 0 spiro atoms. The third kappa shape index (κ3) is 6.01. The second kappa shape index (κ2) is 11.0. The van der Waals surface area contributed by atoms with Crippen LogP contribution < -0.4 is 9.47 Å². The number of nitrogens with zero attached hydrogens (tertiary/aromatic N) is 2. The number of methoxy groups -OCH3 is 1. The maximum absolute atomic E-state index is 9.90. The summed E-state index contributed by atoms with van der Waals surface area (Å²) in [7, 11) is 1.68. The van der Waals surface area contributed by atoms with Crippen molar-refractivity contribution < 1.29 is 14.6 Å². The average Bonchev–Trinajstić information content (AvgIpc) is 3.43. The Balaban J connectivity index is 1.34. The number of fused-ring (bicyclic) bond motifs is 1. The maximum atomic E-state index is 9.90. The van der Waals surface area contributed by atoms with Crippen molar-refractivity contribution in [3.05, 3.63) is 81.1 Å². The zero-order valence-corrected chi connectivity index (χ0v) is 21.5. The van der Waals surface area contributed by atoms with E-state index in [-0.39, 0.29) is 6.10 Å². The second-order valence-corrected chi connectivity index (χ2v) is 10.9. The molecule has 0 unspecified atom stereocenters. The van der Waals surface area contributed by atoms with E-state index in [0.717, 1.165) is 61.3 Å². The number of aromatic nitrogens is 1. The van der Waals surface area contributed by atoms with E-state index in [0.29, 0.717) is 6.61 Å². The van der Waals surface area contributed by atoms with E-state index < -0.39 is 0 Å². The molecular formula is C28H31ClN2O3S. The molecule has 1 aliphatic rings. The minimum absolute atomic E-state index is 0.165. The molecule has 2 aromatic carbocycles. The molecule has 5 rings (SSSR count). The molecule has 5 nitrogen and oxygen atoms in total. The number of likely N-dealkylation sites (tertiary alicyclic amines) is 1. The van der Waals surface area contributed by atoms with Gasteiger partial charge in [0.05, 0.1) is 30.7 Å². The number of piperidine rings is 1. The molecule has 1 aliphatic heterocycles. The van der Waals surface area contributed by atoms with Gasteiger partial charge in [0.15, 0.2) is 0 Å². The first-order valence-corrected chi connectivity index (χ1v) is 13.3. The molecule has 0 aliphatic carbocycles. The van der Waals surface area contributed by atoms with Crippen molar-refractivity contribution in [2.24, 2.45) is 0 Å². The van der Waals surface area contributed by atoms with Crippen molar-refractivity contribution in [2.75, 3.05) is 26.8 Å². The van der Waals surface area contributed by atoms with Gasteiger partial charge in [-0.05, 0) is 66.4 Å². The van der Waals surface area contributed by atoms with E-state index in [1.807, 2.05) is 18.2 Å². The van der Waals surface area contributed by atoms with E-state index in [2.05, 4.69) is 52.1 Å². The van der Waals surface area contributed by atoms with Crippen molar-refractivity contribution in [2.45, 2.75) is 38.5 Å². The van der Waals surface area contributed by atoms with Gasteiger partial charge < -0.3 is 19.1 Å². The van der Waals surface area contributed by atoms with Gasteiger partial charge in [0.25, 0.3) is 0 Å². The Bertz CT molecular complexity index is 1260. The third-order valence-corrected chi connectivity index (χ3v) is 7.88. The Labute approximate surface area is 215 Å². The van der Waals surface area contributed by atoms with E-state index in [1.54, 1.807) is 18.4 Å². The molecule has 0 radical (unpaired) electrons. The van der Waals surface area contributed by atoms with Gasteiger partial charge in [0.2, 0.25) is 0 Å². The number of thiophene rings is 1. The van der Waals surface area contributed by atoms with Crippen LogP contribution in [0.3, 0.4) is 0 Å². The van der Waals surface area contributed by atoms with Crippen molar-refractivity contribution in [3.8, 4) is 11.5 Å². The fourth-order valence-electron chi connectivity index (χ4n) is 4.70. The Morgan fingerprint density at radius 2 is 1.77 bits per heavy atom. The Kier molecular flexibility index (Phi) is 7.63. The lowest BCUT2D eigenvalue weighted by Gasteiger charge is -2.29. The summed E-state index contributed by atoms with van der Waals surface area (Å²) in [5, 5.41) is 11.1. The van der Waals surface area contributed by atoms with Gasteiger partial charge >= 0.3 is 0 Å². The number of hydrogen-bond acceptors (Lipinski definition) is 5. The lowest BCUT2D eigenvalue weighted by molar-refractivity contribution is 0.0794. The summed E-state index contributed by atoms with van der Waals surface area (Å²) < 4.78 is 14.5. The van der Waals surface area contributed by atoms with Crippen molar-refractivity contribution in [3.63, 3.8) is 0 Å². The molecule has 0 amide bonds. The molecule has 1 N–H and O–H groups in total. The summed E-state index contributed by atoms with van der Waals surface area (Å²) in [6.45, 7) is 4.13. The minimum atomic E-state index is -0.165. The molecule has 7 heteroatoms. The van der Waals surface area contributed by atoms with Crippen LogP contribution in [0.5, 0.6) is 11.5 Å². The van der Waals surface area contributed by atoms with Crippen LogP contribution in [-0.4, -0.2) is 47.5 Å². The molecule has 0 atom stereocenters. The molecule has 1 fully saturated rings. The predicted molar refractivity (Wildman–Crippen MR) is 143 cm³/mol. The highest BCUT2D eigenvalue weighted by atomic mass is 35.5. The Morgan fingerprint density at radius 1 is 1.00 bits per heavy atom. The zero-order chi connectivity index (χ0) is 24.2. The van der Waals surface area contributed by atoms with Crippen molar-refractivity contribution >= 4 is 33.8 Å². The number of halogens is 1. The van der Waals surface area contributed by atoms with E-state index in [4.69, 9.17) is 21.1 Å². The van der Waals surface area contributed by atoms with Gasteiger partial charge in [-0.25, -0.2) is 0 Å². The summed E-state index contributed by atoms with van der Waals surface area (Å²) >= 11 is 7.80. The molecule has 1 saturated heterocycles. The summed E-state index contributed by atoms with van der Waals surface area (Å²) in [6, 6.07) is 18.6. The van der Waals surface area contributed by atoms with Gasteiger partial charge in [-0.2, -0.15) is 0 Å². The fraction of sp³-hybridized carbons (Fsp3) is 0.357. The highest BCUT2D eigenvalue weighted by molar-refractivity contribution is 7.16. The van der Waals surface area contributed by atoms with Crippen LogP contribution in [0.15, 0.2) is 60.8 Å². The monoisotopic (exact) mass is 510 g/mol. The molecule has 3 heterocycles. The number of aliphatic hydroxyl groups is 1. The maximum Gasteiger partial charge on any atom is 0.120 e. The Morgan fingerprint density at radius 3 is 2.49 bits per heavy atom. The first-order valence-electron chi connectivity index (χ1n) is 12.1. The SMILES string of the molecule is COc1ccc(CCOc2ccc3c(c2)c(CN2CCC(O)CC2)cn3Cc2ccc(Cl)s2)cc1. The van der Waals surface area contributed by atoms with Crippen LogP contribution in [0.2, 0.25) is 4.34 Å². The highest BCUT2D eigenvalue weighted by Gasteiger charge is 2.19. The van der Waals surface area contributed by atoms with E-state index in [9.17, 15) is 5.11 Å². The normalized spacial score (nSPS) is 15.1. The largest absolute Gasteiger partial charge is 0.497 e. The molecule has 2 aromatic heterocycles. The minimum Gasteiger partial charge on any atom is -0.497 e. The smallest absolute Gasteiger partial charge is 0.120 e. The van der Waals surface area contributed by atoms with Gasteiger partial charge in [0.1, 0.15) is 11.5 Å². The van der Waals surface area contributed by atoms with Crippen LogP contribution in [0.4, 0.5) is 0 Å². The Hall–Kier alpha value is -2.51. The highest BCUT2D eigenvalue weighted by Crippen LogP contribution is 2.30. The fourth-order valence-corrected chi connectivity index (χ4v) is 5.79. The van der Waals surface area contributed by atoms with Crippen molar-refractivity contribution in [1.82, 2.24) is 9.47 Å². The molecule has 4 aromatic rings. The van der Waals surface area contributed by atoms with Crippen LogP contribution >= 0.6 is 22.9 Å². The summed E-state index contributed by atoms with van der Waals surface area (Å²) in [5.41, 5.74) is 3.71. The summed E-state index contributed by atoms with van der Waals surface area (Å²) in [4.78, 5) is 3.67. The number of ether oxygens (including phenoxy) is 2. The lowest BCUT2D eigenvalue weighted by atomic mass is 10.1.